The Bertz CT molecular complexity index is 373. The Morgan fingerprint density at radius 2 is 2.17 bits per heavy atom. The summed E-state index contributed by atoms with van der Waals surface area (Å²) in [4.78, 5) is 0. The fourth-order valence-corrected chi connectivity index (χ4v) is 2.32. The lowest BCUT2D eigenvalue weighted by molar-refractivity contribution is 0.0631. The van der Waals surface area contributed by atoms with Gasteiger partial charge in [-0.15, -0.1) is 0 Å². The van der Waals surface area contributed by atoms with E-state index in [1.807, 2.05) is 7.05 Å². The number of ether oxygens (including phenoxy) is 1. The van der Waals surface area contributed by atoms with Crippen molar-refractivity contribution >= 4 is 11.6 Å². The lowest BCUT2D eigenvalue weighted by Crippen LogP contribution is -2.40. The van der Waals surface area contributed by atoms with Gasteiger partial charge in [0.1, 0.15) is 5.82 Å². The van der Waals surface area contributed by atoms with Crippen molar-refractivity contribution in [1.29, 1.82) is 0 Å². The molecule has 0 saturated carbocycles. The summed E-state index contributed by atoms with van der Waals surface area (Å²) in [5.74, 6) is -0.328. The highest BCUT2D eigenvalue weighted by atomic mass is 35.5. The van der Waals surface area contributed by atoms with Gasteiger partial charge in [-0.3, -0.25) is 0 Å². The van der Waals surface area contributed by atoms with Gasteiger partial charge in [-0.25, -0.2) is 4.39 Å². The summed E-state index contributed by atoms with van der Waals surface area (Å²) in [5, 5.41) is 3.37. The summed E-state index contributed by atoms with van der Waals surface area (Å²) in [7, 11) is 3.56. The summed E-state index contributed by atoms with van der Waals surface area (Å²) in [6.07, 6.45) is 2.64. The van der Waals surface area contributed by atoms with Crippen molar-refractivity contribution in [1.82, 2.24) is 5.32 Å². The number of hydrogen-bond acceptors (Lipinski definition) is 2. The Balaban J connectivity index is 2.81. The fraction of sp³-hybridized carbons (Fsp3) is 0.571. The maximum absolute atomic E-state index is 13.9. The van der Waals surface area contributed by atoms with Crippen LogP contribution in [0.3, 0.4) is 0 Å². The minimum atomic E-state index is -0.328. The van der Waals surface area contributed by atoms with Crippen molar-refractivity contribution in [3.05, 3.63) is 34.6 Å². The van der Waals surface area contributed by atoms with Crippen molar-refractivity contribution in [2.75, 3.05) is 14.2 Å². The second-order valence-corrected chi connectivity index (χ2v) is 4.78. The van der Waals surface area contributed by atoms with Gasteiger partial charge in [0.05, 0.1) is 11.1 Å². The Morgan fingerprint density at radius 3 is 2.72 bits per heavy atom. The molecule has 1 rings (SSSR count). The van der Waals surface area contributed by atoms with Crippen LogP contribution in [0.25, 0.3) is 0 Å². The number of likely N-dealkylation sites (N-methyl/N-ethyl adjacent to an activating group) is 1. The van der Waals surface area contributed by atoms with Gasteiger partial charge in [0.25, 0.3) is 0 Å². The molecule has 0 aliphatic carbocycles. The molecular weight excluding hydrogens is 253 g/mol. The molecule has 0 amide bonds. The van der Waals surface area contributed by atoms with E-state index in [9.17, 15) is 4.39 Å². The monoisotopic (exact) mass is 273 g/mol. The summed E-state index contributed by atoms with van der Waals surface area (Å²) in [6, 6.07) is 5.19. The maximum Gasteiger partial charge on any atom is 0.145 e. The zero-order valence-corrected chi connectivity index (χ0v) is 11.9. The SMILES string of the molecule is CCCC(OC)C(Cc1cccc(Cl)c1F)NC. The van der Waals surface area contributed by atoms with E-state index in [1.165, 1.54) is 0 Å². The van der Waals surface area contributed by atoms with Gasteiger partial charge in [-0.2, -0.15) is 0 Å². The summed E-state index contributed by atoms with van der Waals surface area (Å²) < 4.78 is 19.3. The van der Waals surface area contributed by atoms with Gasteiger partial charge in [-0.05, 0) is 31.5 Å². The van der Waals surface area contributed by atoms with Gasteiger partial charge >= 0.3 is 0 Å². The van der Waals surface area contributed by atoms with Crippen LogP contribution in [0.5, 0.6) is 0 Å². The number of nitrogens with one attached hydrogen (secondary N) is 1. The van der Waals surface area contributed by atoms with Crippen molar-refractivity contribution in [3.8, 4) is 0 Å². The summed E-state index contributed by atoms with van der Waals surface area (Å²) >= 11 is 5.79. The molecule has 1 aromatic carbocycles. The first-order valence-electron chi connectivity index (χ1n) is 6.27. The lowest BCUT2D eigenvalue weighted by Gasteiger charge is -2.25. The van der Waals surface area contributed by atoms with Gasteiger partial charge in [0.15, 0.2) is 0 Å². The van der Waals surface area contributed by atoms with Crippen molar-refractivity contribution in [2.24, 2.45) is 0 Å². The zero-order valence-electron chi connectivity index (χ0n) is 11.2. The van der Waals surface area contributed by atoms with Gasteiger partial charge in [0.2, 0.25) is 0 Å². The average Bonchev–Trinajstić information content (AvgIpc) is 2.38. The first-order valence-corrected chi connectivity index (χ1v) is 6.64. The molecule has 1 N–H and O–H groups in total. The van der Waals surface area contributed by atoms with E-state index < -0.39 is 0 Å². The van der Waals surface area contributed by atoms with E-state index >= 15 is 0 Å². The number of methoxy groups -OCH3 is 1. The molecule has 1 aromatic rings. The second kappa shape index (κ2) is 7.72. The molecular formula is C14H21ClFNO. The number of halogens is 2. The van der Waals surface area contributed by atoms with Crippen LogP contribution < -0.4 is 5.32 Å². The molecule has 0 spiro atoms. The fourth-order valence-electron chi connectivity index (χ4n) is 2.13. The Hall–Kier alpha value is -0.640. The van der Waals surface area contributed by atoms with Crippen LogP contribution in [0, 0.1) is 5.82 Å². The summed E-state index contributed by atoms with van der Waals surface area (Å²) in [6.45, 7) is 2.11. The molecule has 0 bridgehead atoms. The molecule has 0 radical (unpaired) electrons. The topological polar surface area (TPSA) is 21.3 Å². The molecule has 0 heterocycles. The normalized spacial score (nSPS) is 14.5. The Labute approximate surface area is 113 Å². The highest BCUT2D eigenvalue weighted by Gasteiger charge is 2.21. The number of rotatable bonds is 7. The largest absolute Gasteiger partial charge is 0.380 e. The molecule has 0 fully saturated rings. The van der Waals surface area contributed by atoms with Crippen LogP contribution in [0.4, 0.5) is 4.39 Å². The smallest absolute Gasteiger partial charge is 0.145 e. The maximum atomic E-state index is 13.9. The van der Waals surface area contributed by atoms with Crippen LogP contribution in [-0.2, 0) is 11.2 Å². The highest BCUT2D eigenvalue weighted by Crippen LogP contribution is 2.20. The molecule has 0 saturated heterocycles. The number of hydrogen-bond donors (Lipinski definition) is 1. The third-order valence-electron chi connectivity index (χ3n) is 3.17. The minimum Gasteiger partial charge on any atom is -0.380 e. The van der Waals surface area contributed by atoms with Crippen molar-refractivity contribution in [2.45, 2.75) is 38.3 Å². The second-order valence-electron chi connectivity index (χ2n) is 4.38. The molecule has 0 aromatic heterocycles. The molecule has 0 aliphatic heterocycles. The Kier molecular flexibility index (Phi) is 6.61. The van der Waals surface area contributed by atoms with E-state index in [0.717, 1.165) is 12.8 Å². The third-order valence-corrected chi connectivity index (χ3v) is 3.46. The van der Waals surface area contributed by atoms with Gasteiger partial charge in [-0.1, -0.05) is 37.1 Å². The molecule has 18 heavy (non-hydrogen) atoms. The van der Waals surface area contributed by atoms with Gasteiger partial charge < -0.3 is 10.1 Å². The molecule has 4 heteroatoms. The predicted molar refractivity (Wildman–Crippen MR) is 73.7 cm³/mol. The summed E-state index contributed by atoms with van der Waals surface area (Å²) in [5.41, 5.74) is 0.625. The first-order chi connectivity index (χ1) is 8.63. The predicted octanol–water partition coefficient (Wildman–Crippen LogP) is 3.42. The molecule has 2 atom stereocenters. The minimum absolute atomic E-state index is 0.0818. The van der Waals surface area contributed by atoms with Crippen LogP contribution >= 0.6 is 11.6 Å². The molecule has 102 valence electrons. The standard InChI is InChI=1S/C14H21ClFNO/c1-4-6-13(18-3)12(17-2)9-10-7-5-8-11(15)14(10)16/h5,7-8,12-13,17H,4,6,9H2,1-3H3. The van der Waals surface area contributed by atoms with Gasteiger partial charge in [0, 0.05) is 13.2 Å². The molecule has 0 aliphatic rings. The van der Waals surface area contributed by atoms with Crippen LogP contribution in [0.15, 0.2) is 18.2 Å². The Morgan fingerprint density at radius 1 is 1.44 bits per heavy atom. The lowest BCUT2D eigenvalue weighted by atomic mass is 9.98. The molecule has 2 nitrogen and oxygen atoms in total. The van der Waals surface area contributed by atoms with Crippen molar-refractivity contribution < 1.29 is 9.13 Å². The first kappa shape index (κ1) is 15.4. The zero-order chi connectivity index (χ0) is 13.5. The number of benzene rings is 1. The van der Waals surface area contributed by atoms with Crippen LogP contribution in [0.2, 0.25) is 5.02 Å². The average molecular weight is 274 g/mol. The van der Waals surface area contributed by atoms with Crippen LogP contribution in [-0.4, -0.2) is 26.3 Å². The van der Waals surface area contributed by atoms with E-state index in [-0.39, 0.29) is 23.0 Å². The van der Waals surface area contributed by atoms with E-state index in [4.69, 9.17) is 16.3 Å². The van der Waals surface area contributed by atoms with E-state index in [1.54, 1.807) is 25.3 Å². The van der Waals surface area contributed by atoms with E-state index in [2.05, 4.69) is 12.2 Å². The van der Waals surface area contributed by atoms with E-state index in [0.29, 0.717) is 12.0 Å². The van der Waals surface area contributed by atoms with Crippen molar-refractivity contribution in [3.63, 3.8) is 0 Å². The highest BCUT2D eigenvalue weighted by molar-refractivity contribution is 6.30. The third kappa shape index (κ3) is 3.94. The molecule has 2 unspecified atom stereocenters. The van der Waals surface area contributed by atoms with Crippen LogP contribution in [0.1, 0.15) is 25.3 Å². The quantitative estimate of drug-likeness (QED) is 0.822.